The molecule has 0 radical (unpaired) electrons. The van der Waals surface area contributed by atoms with E-state index in [1.54, 1.807) is 31.3 Å². The highest BCUT2D eigenvalue weighted by Gasteiger charge is 2.39. The standard InChI is InChI=1S/C19H27NO5/c1-12-8-13(17(21)22)11-20(10-12)18(23)19(2,3)14-6-7-15(24-4)16(9-14)25-5/h6-7,9,12-13H,8,10-11H2,1-5H3,(H,21,22). The Morgan fingerprint density at radius 1 is 1.16 bits per heavy atom. The lowest BCUT2D eigenvalue weighted by atomic mass is 9.81. The number of hydrogen-bond acceptors (Lipinski definition) is 4. The monoisotopic (exact) mass is 349 g/mol. The van der Waals surface area contributed by atoms with Gasteiger partial charge in [-0.1, -0.05) is 13.0 Å². The van der Waals surface area contributed by atoms with Crippen LogP contribution in [0.1, 0.15) is 32.8 Å². The molecular formula is C19H27NO5. The summed E-state index contributed by atoms with van der Waals surface area (Å²) in [7, 11) is 3.12. The van der Waals surface area contributed by atoms with Crippen LogP contribution in [0.25, 0.3) is 0 Å². The summed E-state index contributed by atoms with van der Waals surface area (Å²) in [4.78, 5) is 26.2. The second-order valence-corrected chi connectivity index (χ2v) is 7.28. The van der Waals surface area contributed by atoms with Crippen molar-refractivity contribution >= 4 is 11.9 Å². The highest BCUT2D eigenvalue weighted by molar-refractivity contribution is 5.88. The molecule has 1 fully saturated rings. The van der Waals surface area contributed by atoms with Crippen LogP contribution < -0.4 is 9.47 Å². The number of carboxylic acids is 1. The molecule has 1 aromatic carbocycles. The zero-order valence-electron chi connectivity index (χ0n) is 15.5. The summed E-state index contributed by atoms with van der Waals surface area (Å²) >= 11 is 0. The Hall–Kier alpha value is -2.24. The van der Waals surface area contributed by atoms with Gasteiger partial charge in [-0.15, -0.1) is 0 Å². The number of carbonyl (C=O) groups excluding carboxylic acids is 1. The first kappa shape index (κ1) is 19.1. The summed E-state index contributed by atoms with van der Waals surface area (Å²) in [5, 5.41) is 9.33. The number of likely N-dealkylation sites (tertiary alicyclic amines) is 1. The van der Waals surface area contributed by atoms with Gasteiger partial charge in [0.05, 0.1) is 25.6 Å². The van der Waals surface area contributed by atoms with Crippen LogP contribution in [0.5, 0.6) is 11.5 Å². The molecule has 1 N–H and O–H groups in total. The molecule has 1 aromatic rings. The van der Waals surface area contributed by atoms with Crippen LogP contribution in [0.4, 0.5) is 0 Å². The van der Waals surface area contributed by atoms with Gasteiger partial charge in [0.1, 0.15) is 0 Å². The van der Waals surface area contributed by atoms with E-state index >= 15 is 0 Å². The van der Waals surface area contributed by atoms with Crippen molar-refractivity contribution in [3.63, 3.8) is 0 Å². The normalized spacial score (nSPS) is 20.9. The van der Waals surface area contributed by atoms with Crippen molar-refractivity contribution in [3.8, 4) is 11.5 Å². The molecule has 2 unspecified atom stereocenters. The highest BCUT2D eigenvalue weighted by atomic mass is 16.5. The Morgan fingerprint density at radius 3 is 2.36 bits per heavy atom. The van der Waals surface area contributed by atoms with E-state index < -0.39 is 17.3 Å². The molecule has 1 heterocycles. The Morgan fingerprint density at radius 2 is 1.80 bits per heavy atom. The van der Waals surface area contributed by atoms with Crippen LogP contribution in [0.3, 0.4) is 0 Å². The highest BCUT2D eigenvalue weighted by Crippen LogP contribution is 2.35. The second-order valence-electron chi connectivity index (χ2n) is 7.28. The summed E-state index contributed by atoms with van der Waals surface area (Å²) in [5.74, 6) is -0.0805. The van der Waals surface area contributed by atoms with E-state index in [9.17, 15) is 14.7 Å². The van der Waals surface area contributed by atoms with Crippen LogP contribution in [0.2, 0.25) is 0 Å². The Bertz CT molecular complexity index is 655. The average Bonchev–Trinajstić information content (AvgIpc) is 2.59. The number of amides is 1. The summed E-state index contributed by atoms with van der Waals surface area (Å²) in [6.07, 6.45) is 0.607. The van der Waals surface area contributed by atoms with E-state index in [4.69, 9.17) is 9.47 Å². The number of carbonyl (C=O) groups is 2. The molecule has 1 amide bonds. The molecule has 0 spiro atoms. The van der Waals surface area contributed by atoms with Crippen molar-refractivity contribution < 1.29 is 24.2 Å². The smallest absolute Gasteiger partial charge is 0.308 e. The lowest BCUT2D eigenvalue weighted by Crippen LogP contribution is -2.51. The van der Waals surface area contributed by atoms with Gasteiger partial charge in [0.2, 0.25) is 5.91 Å². The maximum Gasteiger partial charge on any atom is 0.308 e. The number of ether oxygens (including phenoxy) is 2. The predicted octanol–water partition coefficient (Wildman–Crippen LogP) is 2.55. The number of aliphatic carboxylic acids is 1. The number of rotatable bonds is 5. The largest absolute Gasteiger partial charge is 0.493 e. The van der Waals surface area contributed by atoms with E-state index in [0.29, 0.717) is 24.5 Å². The zero-order valence-corrected chi connectivity index (χ0v) is 15.5. The molecule has 0 aliphatic carbocycles. The zero-order chi connectivity index (χ0) is 18.8. The van der Waals surface area contributed by atoms with Gasteiger partial charge in [-0.3, -0.25) is 9.59 Å². The predicted molar refractivity (Wildman–Crippen MR) is 94.1 cm³/mol. The van der Waals surface area contributed by atoms with Gasteiger partial charge in [0, 0.05) is 13.1 Å². The van der Waals surface area contributed by atoms with Gasteiger partial charge in [-0.25, -0.2) is 0 Å². The Kier molecular flexibility index (Phi) is 5.60. The first-order valence-corrected chi connectivity index (χ1v) is 8.45. The molecule has 6 nitrogen and oxygen atoms in total. The molecule has 0 bridgehead atoms. The number of nitrogens with zero attached hydrogens (tertiary/aromatic N) is 1. The molecule has 2 atom stereocenters. The minimum absolute atomic E-state index is 0.0717. The number of methoxy groups -OCH3 is 2. The first-order valence-electron chi connectivity index (χ1n) is 8.45. The molecule has 25 heavy (non-hydrogen) atoms. The van der Waals surface area contributed by atoms with Gasteiger partial charge in [0.15, 0.2) is 11.5 Å². The van der Waals surface area contributed by atoms with Crippen molar-refractivity contribution in [3.05, 3.63) is 23.8 Å². The van der Waals surface area contributed by atoms with Gasteiger partial charge in [-0.2, -0.15) is 0 Å². The molecule has 0 saturated carbocycles. The Balaban J connectivity index is 2.29. The van der Waals surface area contributed by atoms with Crippen LogP contribution in [-0.4, -0.2) is 49.2 Å². The summed E-state index contributed by atoms with van der Waals surface area (Å²) < 4.78 is 10.6. The average molecular weight is 349 g/mol. The van der Waals surface area contributed by atoms with Gasteiger partial charge in [0.25, 0.3) is 0 Å². The van der Waals surface area contributed by atoms with Crippen molar-refractivity contribution in [1.29, 1.82) is 0 Å². The number of hydrogen-bond donors (Lipinski definition) is 1. The quantitative estimate of drug-likeness (QED) is 0.884. The number of benzene rings is 1. The van der Waals surface area contributed by atoms with Gasteiger partial charge >= 0.3 is 5.97 Å². The number of piperidine rings is 1. The van der Waals surface area contributed by atoms with E-state index in [0.717, 1.165) is 5.56 Å². The third-order valence-electron chi connectivity index (χ3n) is 4.94. The first-order chi connectivity index (χ1) is 11.7. The van der Waals surface area contributed by atoms with E-state index in [1.807, 2.05) is 26.8 Å². The molecule has 138 valence electrons. The van der Waals surface area contributed by atoms with Crippen LogP contribution >= 0.6 is 0 Å². The third kappa shape index (κ3) is 3.89. The summed E-state index contributed by atoms with van der Waals surface area (Å²) in [6.45, 7) is 6.53. The van der Waals surface area contributed by atoms with Crippen LogP contribution in [-0.2, 0) is 15.0 Å². The van der Waals surface area contributed by atoms with E-state index in [-0.39, 0.29) is 18.4 Å². The van der Waals surface area contributed by atoms with Crippen LogP contribution in [0.15, 0.2) is 18.2 Å². The molecule has 0 aromatic heterocycles. The lowest BCUT2D eigenvalue weighted by molar-refractivity contribution is -0.148. The fourth-order valence-electron chi connectivity index (χ4n) is 3.44. The molecule has 2 rings (SSSR count). The molecule has 1 aliphatic heterocycles. The summed E-state index contributed by atoms with van der Waals surface area (Å²) in [6, 6.07) is 5.43. The van der Waals surface area contributed by atoms with E-state index in [2.05, 4.69) is 0 Å². The molecular weight excluding hydrogens is 322 g/mol. The number of carboxylic acid groups (broad SMARTS) is 1. The second kappa shape index (κ2) is 7.33. The maximum atomic E-state index is 13.1. The van der Waals surface area contributed by atoms with Crippen molar-refractivity contribution in [1.82, 2.24) is 4.90 Å². The SMILES string of the molecule is COc1ccc(C(C)(C)C(=O)N2CC(C)CC(C(=O)O)C2)cc1OC. The Labute approximate surface area is 148 Å². The third-order valence-corrected chi connectivity index (χ3v) is 4.94. The minimum atomic E-state index is -0.840. The fraction of sp³-hybridized carbons (Fsp3) is 0.579. The van der Waals surface area contributed by atoms with E-state index in [1.165, 1.54) is 0 Å². The van der Waals surface area contributed by atoms with Gasteiger partial charge < -0.3 is 19.5 Å². The van der Waals surface area contributed by atoms with Crippen molar-refractivity contribution in [2.24, 2.45) is 11.8 Å². The molecule has 6 heteroatoms. The molecule has 1 saturated heterocycles. The minimum Gasteiger partial charge on any atom is -0.493 e. The maximum absolute atomic E-state index is 13.1. The summed E-state index contributed by atoms with van der Waals surface area (Å²) in [5.41, 5.74) is 0.0138. The van der Waals surface area contributed by atoms with Crippen molar-refractivity contribution in [2.45, 2.75) is 32.6 Å². The fourth-order valence-corrected chi connectivity index (χ4v) is 3.44. The topological polar surface area (TPSA) is 76.1 Å². The van der Waals surface area contributed by atoms with Gasteiger partial charge in [-0.05, 0) is 43.9 Å². The lowest BCUT2D eigenvalue weighted by Gasteiger charge is -2.39. The van der Waals surface area contributed by atoms with Crippen LogP contribution in [0, 0.1) is 11.8 Å². The van der Waals surface area contributed by atoms with Crippen molar-refractivity contribution in [2.75, 3.05) is 27.3 Å². The molecule has 1 aliphatic rings.